The predicted octanol–water partition coefficient (Wildman–Crippen LogP) is 7.46. The Bertz CT molecular complexity index is 1500. The number of hydrogen-bond donors (Lipinski definition) is 2. The number of nitrogens with zero attached hydrogens (tertiary/aromatic N) is 2. The van der Waals surface area contributed by atoms with Gasteiger partial charge in [-0.1, -0.05) is 74.2 Å². The number of aromatic nitrogens is 2. The van der Waals surface area contributed by atoms with Crippen LogP contribution in [0.5, 0.6) is 17.2 Å². The maximum Gasteiger partial charge on any atom is 0.273 e. The largest absolute Gasteiger partial charge is 0.507 e. The Morgan fingerprint density at radius 1 is 1.05 bits per heavy atom. The van der Waals surface area contributed by atoms with Gasteiger partial charge in [0.2, 0.25) is 0 Å². The van der Waals surface area contributed by atoms with Crippen LogP contribution in [0.15, 0.2) is 60.7 Å². The molecule has 1 unspecified atom stereocenters. The Morgan fingerprint density at radius 2 is 1.85 bits per heavy atom. The second-order valence-electron chi connectivity index (χ2n) is 10.1. The van der Waals surface area contributed by atoms with Crippen molar-refractivity contribution in [3.8, 4) is 28.5 Å². The molecule has 2 heterocycles. The number of phenolic OH excluding ortho intramolecular Hbond substituents is 1. The van der Waals surface area contributed by atoms with Crippen molar-refractivity contribution in [2.24, 2.45) is 0 Å². The van der Waals surface area contributed by atoms with E-state index in [-0.39, 0.29) is 11.7 Å². The van der Waals surface area contributed by atoms with E-state index < -0.39 is 6.04 Å². The van der Waals surface area contributed by atoms with Gasteiger partial charge in [-0.2, -0.15) is 5.10 Å². The number of fused-ring (bicyclic) bond motifs is 1. The highest BCUT2D eigenvalue weighted by atomic mass is 35.5. The monoisotopic (exact) mass is 559 g/mol. The minimum atomic E-state index is -0.483. The standard InChI is InChI=1S/C32H34ClN3O4/c1-4-5-6-10-15-40-26-14-13-22(17-27(26)39-3)31-28-29(23-18-24(33)20(2)16-25(23)37)34-35-30(28)32(38)36(31)19-21-11-8-7-9-12-21/h7-9,11-14,16-18,31,37H,4-6,10,15,19H2,1-3H3,(H,34,35). The molecule has 7 nitrogen and oxygen atoms in total. The van der Waals surface area contributed by atoms with E-state index >= 15 is 0 Å². The van der Waals surface area contributed by atoms with Crippen molar-refractivity contribution in [2.45, 2.75) is 52.1 Å². The summed E-state index contributed by atoms with van der Waals surface area (Å²) in [5.41, 5.74) is 4.63. The van der Waals surface area contributed by atoms with Gasteiger partial charge < -0.3 is 19.5 Å². The molecule has 1 atom stereocenters. The molecule has 3 aromatic carbocycles. The van der Waals surface area contributed by atoms with Crippen LogP contribution in [0.25, 0.3) is 11.3 Å². The van der Waals surface area contributed by atoms with E-state index in [1.54, 1.807) is 19.2 Å². The van der Waals surface area contributed by atoms with Crippen LogP contribution in [0.3, 0.4) is 0 Å². The zero-order valence-electron chi connectivity index (χ0n) is 23.0. The molecule has 0 radical (unpaired) electrons. The first kappa shape index (κ1) is 27.6. The van der Waals surface area contributed by atoms with E-state index in [1.165, 1.54) is 12.8 Å². The van der Waals surface area contributed by atoms with E-state index in [2.05, 4.69) is 17.1 Å². The second kappa shape index (κ2) is 12.0. The van der Waals surface area contributed by atoms with Crippen LogP contribution >= 0.6 is 11.6 Å². The Hall–Kier alpha value is -3.97. The number of aromatic hydroxyl groups is 1. The minimum absolute atomic E-state index is 0.0494. The smallest absolute Gasteiger partial charge is 0.273 e. The van der Waals surface area contributed by atoms with Crippen molar-refractivity contribution in [3.05, 3.63) is 93.6 Å². The van der Waals surface area contributed by atoms with Gasteiger partial charge in [0.15, 0.2) is 11.5 Å². The molecule has 0 bridgehead atoms. The summed E-state index contributed by atoms with van der Waals surface area (Å²) in [6.45, 7) is 5.02. The zero-order valence-corrected chi connectivity index (χ0v) is 23.8. The Morgan fingerprint density at radius 3 is 2.60 bits per heavy atom. The van der Waals surface area contributed by atoms with E-state index in [0.29, 0.717) is 52.2 Å². The lowest BCUT2D eigenvalue weighted by Crippen LogP contribution is -2.29. The van der Waals surface area contributed by atoms with Crippen molar-refractivity contribution in [3.63, 3.8) is 0 Å². The summed E-state index contributed by atoms with van der Waals surface area (Å²) in [7, 11) is 1.62. The molecule has 0 fully saturated rings. The molecule has 5 rings (SSSR count). The fraction of sp³-hybridized carbons (Fsp3) is 0.312. The topological polar surface area (TPSA) is 87.7 Å². The highest BCUT2D eigenvalue weighted by Gasteiger charge is 2.43. The van der Waals surface area contributed by atoms with Crippen molar-refractivity contribution in [2.75, 3.05) is 13.7 Å². The second-order valence-corrected chi connectivity index (χ2v) is 10.5. The molecule has 208 valence electrons. The van der Waals surface area contributed by atoms with Crippen LogP contribution in [0.2, 0.25) is 5.02 Å². The number of rotatable bonds is 11. The summed E-state index contributed by atoms with van der Waals surface area (Å²) < 4.78 is 11.8. The molecule has 4 aromatic rings. The van der Waals surface area contributed by atoms with Gasteiger partial charge in [0.05, 0.1) is 19.8 Å². The van der Waals surface area contributed by atoms with E-state index in [9.17, 15) is 9.90 Å². The van der Waals surface area contributed by atoms with E-state index in [4.69, 9.17) is 21.1 Å². The molecule has 1 aromatic heterocycles. The number of methoxy groups -OCH3 is 1. The number of halogens is 1. The van der Waals surface area contributed by atoms with Crippen molar-refractivity contribution < 1.29 is 19.4 Å². The van der Waals surface area contributed by atoms with Gasteiger partial charge in [0.1, 0.15) is 17.1 Å². The molecule has 1 aliphatic rings. The number of aryl methyl sites for hydroxylation is 1. The van der Waals surface area contributed by atoms with Crippen LogP contribution in [0.4, 0.5) is 0 Å². The van der Waals surface area contributed by atoms with Gasteiger partial charge in [-0.05, 0) is 54.3 Å². The molecule has 0 aliphatic carbocycles. The van der Waals surface area contributed by atoms with Crippen molar-refractivity contribution in [1.82, 2.24) is 15.1 Å². The lowest BCUT2D eigenvalue weighted by molar-refractivity contribution is 0.0730. The highest BCUT2D eigenvalue weighted by molar-refractivity contribution is 6.31. The lowest BCUT2D eigenvalue weighted by atomic mass is 9.94. The molecule has 1 aliphatic heterocycles. The number of unbranched alkanes of at least 4 members (excludes halogenated alkanes) is 3. The van der Waals surface area contributed by atoms with Crippen LogP contribution in [0, 0.1) is 6.92 Å². The molecule has 0 saturated carbocycles. The molecular weight excluding hydrogens is 526 g/mol. The third-order valence-corrected chi connectivity index (χ3v) is 7.76. The van der Waals surface area contributed by atoms with Gasteiger partial charge in [0.25, 0.3) is 5.91 Å². The number of nitrogens with one attached hydrogen (secondary N) is 1. The molecule has 1 amide bonds. The molecule has 2 N–H and O–H groups in total. The number of carbonyl (C=O) groups is 1. The number of H-pyrrole nitrogens is 1. The average molecular weight is 560 g/mol. The first-order valence-electron chi connectivity index (χ1n) is 13.7. The molecule has 0 saturated heterocycles. The lowest BCUT2D eigenvalue weighted by Gasteiger charge is -2.27. The number of hydrogen-bond acceptors (Lipinski definition) is 5. The van der Waals surface area contributed by atoms with Crippen LogP contribution < -0.4 is 9.47 Å². The molecule has 8 heteroatoms. The molecule has 40 heavy (non-hydrogen) atoms. The number of phenols is 1. The Balaban J connectivity index is 1.57. The summed E-state index contributed by atoms with van der Waals surface area (Å²) >= 11 is 6.44. The number of amides is 1. The predicted molar refractivity (Wildman–Crippen MR) is 156 cm³/mol. The third kappa shape index (κ3) is 5.39. The molecular formula is C32H34ClN3O4. The summed E-state index contributed by atoms with van der Waals surface area (Å²) in [6.07, 6.45) is 4.45. The van der Waals surface area contributed by atoms with Gasteiger partial charge in [0, 0.05) is 22.7 Å². The number of aromatic amines is 1. The summed E-state index contributed by atoms with van der Waals surface area (Å²) in [5.74, 6) is 1.14. The van der Waals surface area contributed by atoms with Crippen LogP contribution in [-0.2, 0) is 6.54 Å². The molecule has 0 spiro atoms. The van der Waals surface area contributed by atoms with E-state index in [0.717, 1.165) is 29.5 Å². The Labute approximate surface area is 239 Å². The quantitative estimate of drug-likeness (QED) is 0.186. The summed E-state index contributed by atoms with van der Waals surface area (Å²) in [6, 6.07) is 18.5. The van der Waals surface area contributed by atoms with Crippen molar-refractivity contribution >= 4 is 17.5 Å². The fourth-order valence-corrected chi connectivity index (χ4v) is 5.40. The number of benzene rings is 3. The summed E-state index contributed by atoms with van der Waals surface area (Å²) in [4.78, 5) is 15.6. The first-order chi connectivity index (χ1) is 19.4. The fourth-order valence-electron chi connectivity index (χ4n) is 5.23. The number of carbonyl (C=O) groups excluding carboxylic acids is 1. The summed E-state index contributed by atoms with van der Waals surface area (Å²) in [5, 5.41) is 18.8. The van der Waals surface area contributed by atoms with Gasteiger partial charge in [-0.25, -0.2) is 0 Å². The van der Waals surface area contributed by atoms with Gasteiger partial charge in [-0.3, -0.25) is 9.89 Å². The van der Waals surface area contributed by atoms with Gasteiger partial charge >= 0.3 is 0 Å². The zero-order chi connectivity index (χ0) is 28.2. The number of ether oxygens (including phenoxy) is 2. The maximum absolute atomic E-state index is 13.8. The van der Waals surface area contributed by atoms with Crippen molar-refractivity contribution in [1.29, 1.82) is 0 Å². The maximum atomic E-state index is 13.8. The third-order valence-electron chi connectivity index (χ3n) is 7.35. The normalized spacial score (nSPS) is 14.4. The Kier molecular flexibility index (Phi) is 8.31. The highest BCUT2D eigenvalue weighted by Crippen LogP contribution is 2.47. The SMILES string of the molecule is CCCCCCOc1ccc(C2c3c(-c4cc(Cl)c(C)cc4O)n[nH]c3C(=O)N2Cc2ccccc2)cc1OC. The first-order valence-corrected chi connectivity index (χ1v) is 14.0. The average Bonchev–Trinajstić information content (AvgIpc) is 3.50. The van der Waals surface area contributed by atoms with Crippen LogP contribution in [-0.4, -0.2) is 39.8 Å². The van der Waals surface area contributed by atoms with Gasteiger partial charge in [-0.15, -0.1) is 0 Å². The minimum Gasteiger partial charge on any atom is -0.507 e. The van der Waals surface area contributed by atoms with E-state index in [1.807, 2.05) is 60.4 Å². The van der Waals surface area contributed by atoms with Crippen LogP contribution in [0.1, 0.15) is 71.4 Å².